The first kappa shape index (κ1) is 16.3. The standard InChI is InChI=1S/C9H4Br2F6N4/c10-5-1-4(9(15,16)17)20-21(5)7-6(11)3(18-19-7)2-8(12,13)14/h1H,2H2,(H,18,19). The molecule has 0 amide bonds. The number of nitrogens with zero attached hydrogens (tertiary/aromatic N) is 3. The Labute approximate surface area is 129 Å². The highest BCUT2D eigenvalue weighted by Crippen LogP contribution is 2.33. The Balaban J connectivity index is 2.42. The minimum atomic E-state index is -4.68. The van der Waals surface area contributed by atoms with Gasteiger partial charge in [-0.3, -0.25) is 5.10 Å². The minimum Gasteiger partial charge on any atom is -0.279 e. The molecular weight excluding hydrogens is 438 g/mol. The second-order valence-corrected chi connectivity index (χ2v) is 5.50. The van der Waals surface area contributed by atoms with E-state index in [1.54, 1.807) is 0 Å². The van der Waals surface area contributed by atoms with E-state index in [1.807, 2.05) is 0 Å². The van der Waals surface area contributed by atoms with Crippen molar-refractivity contribution >= 4 is 31.9 Å². The number of aromatic amines is 1. The van der Waals surface area contributed by atoms with E-state index in [9.17, 15) is 26.3 Å². The van der Waals surface area contributed by atoms with Crippen molar-refractivity contribution < 1.29 is 26.3 Å². The van der Waals surface area contributed by atoms with E-state index in [0.29, 0.717) is 6.07 Å². The summed E-state index contributed by atoms with van der Waals surface area (Å²) in [5.41, 5.74) is -1.50. The third kappa shape index (κ3) is 3.59. The van der Waals surface area contributed by atoms with E-state index >= 15 is 0 Å². The Kier molecular flexibility index (Phi) is 4.12. The molecule has 2 aromatic rings. The number of aromatic nitrogens is 4. The highest BCUT2D eigenvalue weighted by molar-refractivity contribution is 9.11. The van der Waals surface area contributed by atoms with Gasteiger partial charge >= 0.3 is 12.4 Å². The first-order valence-electron chi connectivity index (χ1n) is 5.11. The van der Waals surface area contributed by atoms with Gasteiger partial charge in [0.1, 0.15) is 4.60 Å². The third-order valence-electron chi connectivity index (χ3n) is 2.29. The molecule has 0 atom stereocenters. The maximum atomic E-state index is 12.5. The van der Waals surface area contributed by atoms with Crippen LogP contribution >= 0.6 is 31.9 Å². The Morgan fingerprint density at radius 2 is 1.76 bits per heavy atom. The smallest absolute Gasteiger partial charge is 0.279 e. The highest BCUT2D eigenvalue weighted by Gasteiger charge is 2.36. The molecule has 1 N–H and O–H groups in total. The van der Waals surface area contributed by atoms with Crippen LogP contribution < -0.4 is 0 Å². The van der Waals surface area contributed by atoms with Crippen LogP contribution in [0.2, 0.25) is 0 Å². The van der Waals surface area contributed by atoms with Crippen molar-refractivity contribution in [2.24, 2.45) is 0 Å². The van der Waals surface area contributed by atoms with Crippen molar-refractivity contribution in [3.63, 3.8) is 0 Å². The molecule has 12 heteroatoms. The number of rotatable bonds is 2. The van der Waals surface area contributed by atoms with Gasteiger partial charge in [0.2, 0.25) is 0 Å². The van der Waals surface area contributed by atoms with Crippen molar-refractivity contribution in [3.05, 3.63) is 26.5 Å². The van der Waals surface area contributed by atoms with Gasteiger partial charge in [0.05, 0.1) is 16.6 Å². The lowest BCUT2D eigenvalue weighted by atomic mass is 10.3. The molecule has 0 aliphatic rings. The Hall–Kier alpha value is -1.04. The number of hydrogen-bond donors (Lipinski definition) is 1. The summed E-state index contributed by atoms with van der Waals surface area (Å²) < 4.78 is 75.1. The minimum absolute atomic E-state index is 0.0967. The highest BCUT2D eigenvalue weighted by atomic mass is 79.9. The van der Waals surface area contributed by atoms with E-state index in [4.69, 9.17) is 0 Å². The lowest BCUT2D eigenvalue weighted by Crippen LogP contribution is -2.12. The zero-order chi connectivity index (χ0) is 16.0. The van der Waals surface area contributed by atoms with Crippen LogP contribution in [0.15, 0.2) is 15.1 Å². The largest absolute Gasteiger partial charge is 0.435 e. The molecule has 0 aliphatic carbocycles. The maximum absolute atomic E-state index is 12.5. The first-order valence-corrected chi connectivity index (χ1v) is 6.70. The van der Waals surface area contributed by atoms with Crippen LogP contribution in [-0.2, 0) is 12.6 Å². The lowest BCUT2D eigenvalue weighted by molar-refractivity contribution is -0.141. The molecule has 116 valence electrons. The van der Waals surface area contributed by atoms with Gasteiger partial charge in [-0.25, -0.2) is 4.68 Å². The topological polar surface area (TPSA) is 46.5 Å². The molecule has 2 aromatic heterocycles. The average molecular weight is 442 g/mol. The number of nitrogens with one attached hydrogen (secondary N) is 1. The molecular formula is C9H4Br2F6N4. The number of alkyl halides is 6. The number of hydrogen-bond acceptors (Lipinski definition) is 2. The summed E-state index contributed by atoms with van der Waals surface area (Å²) in [6.07, 6.45) is -10.5. The molecule has 0 radical (unpaired) electrons. The van der Waals surface area contributed by atoms with Crippen LogP contribution in [0.4, 0.5) is 26.3 Å². The Bertz CT molecular complexity index is 656. The van der Waals surface area contributed by atoms with Gasteiger partial charge in [0.15, 0.2) is 11.5 Å². The van der Waals surface area contributed by atoms with E-state index in [2.05, 4.69) is 47.2 Å². The normalized spacial score (nSPS) is 13.0. The van der Waals surface area contributed by atoms with Crippen LogP contribution in [0.25, 0.3) is 5.82 Å². The van der Waals surface area contributed by atoms with Crippen LogP contribution in [0.1, 0.15) is 11.4 Å². The number of H-pyrrole nitrogens is 1. The summed E-state index contributed by atoms with van der Waals surface area (Å²) in [7, 11) is 0. The van der Waals surface area contributed by atoms with Gasteiger partial charge in [0.25, 0.3) is 0 Å². The van der Waals surface area contributed by atoms with Gasteiger partial charge in [-0.05, 0) is 31.9 Å². The summed E-state index contributed by atoms with van der Waals surface area (Å²) in [4.78, 5) is 0. The van der Waals surface area contributed by atoms with Crippen molar-refractivity contribution in [2.75, 3.05) is 0 Å². The SMILES string of the molecule is FC(F)(F)Cc1[nH]nc(-n2nc(C(F)(F)F)cc2Br)c1Br. The summed E-state index contributed by atoms with van der Waals surface area (Å²) in [5.74, 6) is -0.211. The summed E-state index contributed by atoms with van der Waals surface area (Å²) in [6, 6.07) is 0.699. The van der Waals surface area contributed by atoms with Crippen molar-refractivity contribution in [3.8, 4) is 5.82 Å². The Morgan fingerprint density at radius 3 is 2.24 bits per heavy atom. The van der Waals surface area contributed by atoms with Gasteiger partial charge < -0.3 is 0 Å². The quantitative estimate of drug-likeness (QED) is 0.708. The molecule has 0 aliphatic heterocycles. The molecule has 0 saturated heterocycles. The Morgan fingerprint density at radius 1 is 1.14 bits per heavy atom. The molecule has 0 spiro atoms. The van der Waals surface area contributed by atoms with Crippen LogP contribution in [-0.4, -0.2) is 26.2 Å². The third-order valence-corrected chi connectivity index (χ3v) is 3.69. The van der Waals surface area contributed by atoms with Crippen LogP contribution in [0.3, 0.4) is 0 Å². The fourth-order valence-electron chi connectivity index (χ4n) is 1.46. The molecule has 2 heterocycles. The molecule has 0 bridgehead atoms. The predicted molar refractivity (Wildman–Crippen MR) is 65.9 cm³/mol. The fraction of sp³-hybridized carbons (Fsp3) is 0.333. The molecule has 0 aromatic carbocycles. The zero-order valence-electron chi connectivity index (χ0n) is 9.65. The second-order valence-electron chi connectivity index (χ2n) is 3.89. The molecule has 4 nitrogen and oxygen atoms in total. The molecule has 0 unspecified atom stereocenters. The van der Waals surface area contributed by atoms with Crippen molar-refractivity contribution in [2.45, 2.75) is 18.8 Å². The molecule has 0 saturated carbocycles. The molecule has 0 fully saturated rings. The average Bonchev–Trinajstić information content (AvgIpc) is 2.82. The van der Waals surface area contributed by atoms with E-state index in [-0.39, 0.29) is 20.6 Å². The van der Waals surface area contributed by atoms with Crippen molar-refractivity contribution in [1.82, 2.24) is 20.0 Å². The zero-order valence-corrected chi connectivity index (χ0v) is 12.8. The summed E-state index contributed by atoms with van der Waals surface area (Å²) >= 11 is 5.73. The predicted octanol–water partition coefficient (Wildman–Crippen LogP) is 4.24. The van der Waals surface area contributed by atoms with Crippen LogP contribution in [0, 0.1) is 0 Å². The lowest BCUT2D eigenvalue weighted by Gasteiger charge is -2.04. The van der Waals surface area contributed by atoms with Gasteiger partial charge in [0, 0.05) is 6.07 Å². The summed E-state index contributed by atoms with van der Waals surface area (Å²) in [6.45, 7) is 0. The fourth-order valence-corrected chi connectivity index (χ4v) is 2.41. The van der Waals surface area contributed by atoms with E-state index < -0.39 is 24.5 Å². The van der Waals surface area contributed by atoms with E-state index in [0.717, 1.165) is 4.68 Å². The van der Waals surface area contributed by atoms with Gasteiger partial charge in [-0.15, -0.1) is 0 Å². The molecule has 2 rings (SSSR count). The molecule has 21 heavy (non-hydrogen) atoms. The maximum Gasteiger partial charge on any atom is 0.435 e. The summed E-state index contributed by atoms with van der Waals surface area (Å²) in [5, 5.41) is 8.96. The van der Waals surface area contributed by atoms with Gasteiger partial charge in [-0.1, -0.05) is 0 Å². The second kappa shape index (κ2) is 5.30. The number of halogens is 8. The van der Waals surface area contributed by atoms with E-state index in [1.165, 1.54) is 0 Å². The van der Waals surface area contributed by atoms with Crippen molar-refractivity contribution in [1.29, 1.82) is 0 Å². The first-order chi connectivity index (χ1) is 9.49. The van der Waals surface area contributed by atoms with Gasteiger partial charge in [-0.2, -0.15) is 36.5 Å². The monoisotopic (exact) mass is 440 g/mol. The van der Waals surface area contributed by atoms with Crippen LogP contribution in [0.5, 0.6) is 0 Å².